The number of rotatable bonds is 7. The largest absolute Gasteiger partial charge is 0.329 e. The highest BCUT2D eigenvalue weighted by Gasteiger charge is 2.20. The van der Waals surface area contributed by atoms with E-state index >= 15 is 0 Å². The molecule has 1 atom stereocenters. The van der Waals surface area contributed by atoms with E-state index in [0.29, 0.717) is 24.3 Å². The van der Waals surface area contributed by atoms with E-state index in [1.807, 2.05) is 18.2 Å². The Morgan fingerprint density at radius 3 is 2.25 bits per heavy atom. The summed E-state index contributed by atoms with van der Waals surface area (Å²) in [4.78, 5) is 0. The highest BCUT2D eigenvalue weighted by molar-refractivity contribution is 9.10. The van der Waals surface area contributed by atoms with E-state index in [1.54, 1.807) is 0 Å². The van der Waals surface area contributed by atoms with E-state index in [0.717, 1.165) is 16.0 Å². The summed E-state index contributed by atoms with van der Waals surface area (Å²) < 4.78 is 1.01. The molecule has 20 heavy (non-hydrogen) atoms. The lowest BCUT2D eigenvalue weighted by Crippen LogP contribution is -2.35. The second-order valence-corrected chi connectivity index (χ2v) is 7.31. The third kappa shape index (κ3) is 5.03. The van der Waals surface area contributed by atoms with Crippen LogP contribution in [-0.4, -0.2) is 13.1 Å². The average molecular weight is 362 g/mol. The van der Waals surface area contributed by atoms with Crippen molar-refractivity contribution in [3.8, 4) is 0 Å². The van der Waals surface area contributed by atoms with E-state index in [-0.39, 0.29) is 6.04 Å². The van der Waals surface area contributed by atoms with Crippen molar-refractivity contribution in [1.82, 2.24) is 5.32 Å². The summed E-state index contributed by atoms with van der Waals surface area (Å²) in [5.74, 6) is 1.97. The number of nitrogens with one attached hydrogen (secondary N) is 1. The van der Waals surface area contributed by atoms with Gasteiger partial charge in [0.1, 0.15) is 0 Å². The van der Waals surface area contributed by atoms with Crippen molar-refractivity contribution in [3.63, 3.8) is 0 Å². The van der Waals surface area contributed by atoms with Gasteiger partial charge >= 0.3 is 0 Å². The maximum atomic E-state index is 5.99. The molecule has 1 unspecified atom stereocenters. The molecule has 2 nitrogen and oxygen atoms in total. The van der Waals surface area contributed by atoms with Gasteiger partial charge in [-0.15, -0.1) is 0 Å². The fourth-order valence-electron chi connectivity index (χ4n) is 2.62. The molecule has 0 saturated carbocycles. The predicted octanol–water partition coefficient (Wildman–Crippen LogP) is 4.62. The van der Waals surface area contributed by atoms with Gasteiger partial charge in [-0.25, -0.2) is 0 Å². The maximum absolute atomic E-state index is 5.99. The molecule has 4 heteroatoms. The quantitative estimate of drug-likeness (QED) is 0.743. The molecule has 3 N–H and O–H groups in total. The van der Waals surface area contributed by atoms with E-state index in [4.69, 9.17) is 17.3 Å². The minimum atomic E-state index is 0.154. The highest BCUT2D eigenvalue weighted by Crippen LogP contribution is 2.27. The summed E-state index contributed by atoms with van der Waals surface area (Å²) in [5.41, 5.74) is 7.10. The molecule has 0 heterocycles. The number of halogens is 2. The van der Waals surface area contributed by atoms with Crippen molar-refractivity contribution in [2.24, 2.45) is 23.5 Å². The molecule has 1 rings (SSSR count). The van der Waals surface area contributed by atoms with Crippen LogP contribution in [0.25, 0.3) is 0 Å². The third-order valence-corrected chi connectivity index (χ3v) is 4.81. The van der Waals surface area contributed by atoms with Crippen molar-refractivity contribution >= 4 is 27.5 Å². The second kappa shape index (κ2) is 8.38. The summed E-state index contributed by atoms with van der Waals surface area (Å²) in [6.45, 7) is 10.7. The summed E-state index contributed by atoms with van der Waals surface area (Å²) in [7, 11) is 0. The van der Waals surface area contributed by atoms with Gasteiger partial charge in [-0.1, -0.05) is 61.3 Å². The van der Waals surface area contributed by atoms with Gasteiger partial charge in [-0.05, 0) is 42.0 Å². The van der Waals surface area contributed by atoms with Crippen LogP contribution in [0.2, 0.25) is 5.02 Å². The molecule has 0 fully saturated rings. The Balaban J connectivity index is 2.76. The van der Waals surface area contributed by atoms with Gasteiger partial charge in [0.15, 0.2) is 0 Å². The zero-order chi connectivity index (χ0) is 15.3. The highest BCUT2D eigenvalue weighted by atomic mass is 79.9. The van der Waals surface area contributed by atoms with Crippen molar-refractivity contribution in [3.05, 3.63) is 33.3 Å². The summed E-state index contributed by atoms with van der Waals surface area (Å²) >= 11 is 9.57. The van der Waals surface area contributed by atoms with Gasteiger partial charge in [-0.3, -0.25) is 0 Å². The van der Waals surface area contributed by atoms with E-state index in [9.17, 15) is 0 Å². The fraction of sp³-hybridized carbons (Fsp3) is 0.625. The molecule has 114 valence electrons. The normalized spacial score (nSPS) is 13.5. The fourth-order valence-corrected chi connectivity index (χ4v) is 3.58. The Hall–Kier alpha value is -0.0900. The van der Waals surface area contributed by atoms with Crippen LogP contribution in [0.5, 0.6) is 0 Å². The van der Waals surface area contributed by atoms with Crippen molar-refractivity contribution in [2.45, 2.75) is 33.7 Å². The standard InChI is InChI=1S/C16H26BrClN2/c1-10(2)14(11(3)4)9-20-16(8-19)13-6-5-12(18)7-15(13)17/h5-7,10-11,14,16,20H,8-9,19H2,1-4H3. The first-order valence-electron chi connectivity index (χ1n) is 7.25. The second-order valence-electron chi connectivity index (χ2n) is 6.01. The van der Waals surface area contributed by atoms with Gasteiger partial charge in [0.2, 0.25) is 0 Å². The minimum absolute atomic E-state index is 0.154. The molecule has 0 aliphatic carbocycles. The lowest BCUT2D eigenvalue weighted by atomic mass is 9.85. The molecule has 1 aromatic carbocycles. The summed E-state index contributed by atoms with van der Waals surface area (Å²) in [6, 6.07) is 6.02. The first-order valence-corrected chi connectivity index (χ1v) is 8.42. The number of nitrogens with two attached hydrogens (primary N) is 1. The van der Waals surface area contributed by atoms with Crippen LogP contribution in [0.1, 0.15) is 39.3 Å². The van der Waals surface area contributed by atoms with Crippen LogP contribution in [-0.2, 0) is 0 Å². The Morgan fingerprint density at radius 2 is 1.80 bits per heavy atom. The Labute approximate surface area is 136 Å². The topological polar surface area (TPSA) is 38.0 Å². The molecule has 1 aromatic rings. The van der Waals surface area contributed by atoms with E-state index in [2.05, 4.69) is 48.9 Å². The summed E-state index contributed by atoms with van der Waals surface area (Å²) in [6.07, 6.45) is 0. The van der Waals surface area contributed by atoms with Crippen molar-refractivity contribution < 1.29 is 0 Å². The first kappa shape index (κ1) is 18.0. The molecule has 0 aliphatic heterocycles. The number of benzene rings is 1. The van der Waals surface area contributed by atoms with Crippen molar-refractivity contribution in [1.29, 1.82) is 0 Å². The molecular weight excluding hydrogens is 336 g/mol. The van der Waals surface area contributed by atoms with Crippen LogP contribution in [0.3, 0.4) is 0 Å². The van der Waals surface area contributed by atoms with E-state index < -0.39 is 0 Å². The van der Waals surface area contributed by atoms with Crippen LogP contribution in [0.15, 0.2) is 22.7 Å². The smallest absolute Gasteiger partial charge is 0.0455 e. The lowest BCUT2D eigenvalue weighted by Gasteiger charge is -2.28. The van der Waals surface area contributed by atoms with Crippen LogP contribution >= 0.6 is 27.5 Å². The minimum Gasteiger partial charge on any atom is -0.329 e. The van der Waals surface area contributed by atoms with E-state index in [1.165, 1.54) is 5.56 Å². The maximum Gasteiger partial charge on any atom is 0.0455 e. The SMILES string of the molecule is CC(C)C(CNC(CN)c1ccc(Cl)cc1Br)C(C)C. The van der Waals surface area contributed by atoms with Gasteiger partial charge in [-0.2, -0.15) is 0 Å². The molecular formula is C16H26BrClN2. The predicted molar refractivity (Wildman–Crippen MR) is 92.1 cm³/mol. The average Bonchev–Trinajstić information content (AvgIpc) is 2.34. The van der Waals surface area contributed by atoms with Gasteiger partial charge in [0.05, 0.1) is 0 Å². The molecule has 0 aromatic heterocycles. The van der Waals surface area contributed by atoms with Gasteiger partial charge in [0, 0.05) is 22.1 Å². The van der Waals surface area contributed by atoms with Crippen LogP contribution in [0, 0.1) is 17.8 Å². The van der Waals surface area contributed by atoms with Crippen LogP contribution in [0.4, 0.5) is 0 Å². The third-order valence-electron chi connectivity index (χ3n) is 3.89. The monoisotopic (exact) mass is 360 g/mol. The lowest BCUT2D eigenvalue weighted by molar-refractivity contribution is 0.266. The molecule has 0 aliphatic rings. The Kier molecular flexibility index (Phi) is 7.52. The van der Waals surface area contributed by atoms with Gasteiger partial charge < -0.3 is 11.1 Å². The molecule has 0 bridgehead atoms. The van der Waals surface area contributed by atoms with Crippen molar-refractivity contribution in [2.75, 3.05) is 13.1 Å². The summed E-state index contributed by atoms with van der Waals surface area (Å²) in [5, 5.41) is 4.35. The molecule has 0 saturated heterocycles. The number of hydrogen-bond donors (Lipinski definition) is 2. The zero-order valence-electron chi connectivity index (χ0n) is 12.8. The Morgan fingerprint density at radius 1 is 1.20 bits per heavy atom. The molecule has 0 radical (unpaired) electrons. The first-order chi connectivity index (χ1) is 9.36. The zero-order valence-corrected chi connectivity index (χ0v) is 15.1. The molecule has 0 amide bonds. The van der Waals surface area contributed by atoms with Gasteiger partial charge in [0.25, 0.3) is 0 Å². The number of hydrogen-bond acceptors (Lipinski definition) is 2. The Bertz CT molecular complexity index is 413. The van der Waals surface area contributed by atoms with Crippen LogP contribution < -0.4 is 11.1 Å². The molecule has 0 spiro atoms.